The molecule has 0 aromatic rings. The molecule has 92 valence electrons. The molecule has 15 heavy (non-hydrogen) atoms. The molecule has 0 saturated heterocycles. The minimum Gasteiger partial charge on any atom is -0.381 e. The Kier molecular flexibility index (Phi) is 11.9. The third-order valence-corrected chi connectivity index (χ3v) is 2.08. The van der Waals surface area contributed by atoms with Crippen LogP contribution in [0.4, 0.5) is 0 Å². The van der Waals surface area contributed by atoms with Gasteiger partial charge in [-0.25, -0.2) is 0 Å². The van der Waals surface area contributed by atoms with Crippen molar-refractivity contribution >= 4 is 0 Å². The molecule has 1 unspecified atom stereocenters. The SMILES string of the molecule is CCCOCCCC(C)OCCOCC. The van der Waals surface area contributed by atoms with Gasteiger partial charge in [-0.1, -0.05) is 6.92 Å². The Balaban J connectivity index is 3.08. The molecule has 0 radical (unpaired) electrons. The molecule has 0 fully saturated rings. The van der Waals surface area contributed by atoms with Crippen LogP contribution in [0, 0.1) is 0 Å². The zero-order valence-corrected chi connectivity index (χ0v) is 10.5. The maximum Gasteiger partial charge on any atom is 0.0704 e. The topological polar surface area (TPSA) is 27.7 Å². The number of hydrogen-bond acceptors (Lipinski definition) is 3. The van der Waals surface area contributed by atoms with Gasteiger partial charge in [0.15, 0.2) is 0 Å². The van der Waals surface area contributed by atoms with E-state index < -0.39 is 0 Å². The van der Waals surface area contributed by atoms with Crippen molar-refractivity contribution in [2.45, 2.75) is 46.1 Å². The number of ether oxygens (including phenoxy) is 3. The van der Waals surface area contributed by atoms with Gasteiger partial charge in [-0.3, -0.25) is 0 Å². The highest BCUT2D eigenvalue weighted by molar-refractivity contribution is 4.50. The van der Waals surface area contributed by atoms with Crippen LogP contribution in [0.25, 0.3) is 0 Å². The predicted octanol–water partition coefficient (Wildman–Crippen LogP) is 2.63. The van der Waals surface area contributed by atoms with Crippen LogP contribution in [-0.4, -0.2) is 39.1 Å². The average molecular weight is 218 g/mol. The average Bonchev–Trinajstić information content (AvgIpc) is 2.24. The predicted molar refractivity (Wildman–Crippen MR) is 62.3 cm³/mol. The van der Waals surface area contributed by atoms with Crippen molar-refractivity contribution in [1.29, 1.82) is 0 Å². The summed E-state index contributed by atoms with van der Waals surface area (Å²) < 4.78 is 16.2. The van der Waals surface area contributed by atoms with E-state index in [1.807, 2.05) is 6.92 Å². The molecule has 1 atom stereocenters. The minimum atomic E-state index is 0.315. The summed E-state index contributed by atoms with van der Waals surface area (Å²) in [4.78, 5) is 0. The van der Waals surface area contributed by atoms with Crippen molar-refractivity contribution < 1.29 is 14.2 Å². The van der Waals surface area contributed by atoms with Gasteiger partial charge in [0.1, 0.15) is 0 Å². The van der Waals surface area contributed by atoms with Crippen molar-refractivity contribution in [1.82, 2.24) is 0 Å². The van der Waals surface area contributed by atoms with E-state index in [1.165, 1.54) is 0 Å². The van der Waals surface area contributed by atoms with Gasteiger partial charge >= 0.3 is 0 Å². The maximum absolute atomic E-state index is 5.57. The Morgan fingerprint density at radius 3 is 2.40 bits per heavy atom. The molecule has 0 heterocycles. The Hall–Kier alpha value is -0.120. The summed E-state index contributed by atoms with van der Waals surface area (Å²) in [7, 11) is 0. The molecule has 3 nitrogen and oxygen atoms in total. The lowest BCUT2D eigenvalue weighted by Crippen LogP contribution is -2.13. The van der Waals surface area contributed by atoms with E-state index in [4.69, 9.17) is 14.2 Å². The Morgan fingerprint density at radius 1 is 0.933 bits per heavy atom. The van der Waals surface area contributed by atoms with E-state index in [1.54, 1.807) is 0 Å². The van der Waals surface area contributed by atoms with Gasteiger partial charge in [-0.05, 0) is 33.1 Å². The van der Waals surface area contributed by atoms with Gasteiger partial charge in [-0.15, -0.1) is 0 Å². The lowest BCUT2D eigenvalue weighted by Gasteiger charge is -2.12. The second-order valence-electron chi connectivity index (χ2n) is 3.63. The summed E-state index contributed by atoms with van der Waals surface area (Å²) in [6, 6.07) is 0. The van der Waals surface area contributed by atoms with Gasteiger partial charge in [-0.2, -0.15) is 0 Å². The lowest BCUT2D eigenvalue weighted by atomic mass is 10.2. The third-order valence-electron chi connectivity index (χ3n) is 2.08. The molecule has 0 N–H and O–H groups in total. The fourth-order valence-corrected chi connectivity index (χ4v) is 1.26. The molecule has 0 aliphatic rings. The summed E-state index contributed by atoms with van der Waals surface area (Å²) in [5.41, 5.74) is 0. The third kappa shape index (κ3) is 11.8. The van der Waals surface area contributed by atoms with E-state index in [2.05, 4.69) is 13.8 Å². The van der Waals surface area contributed by atoms with Gasteiger partial charge in [0.05, 0.1) is 19.3 Å². The standard InChI is InChI=1S/C12H26O3/c1-4-8-14-9-6-7-12(3)15-11-10-13-5-2/h12H,4-11H2,1-3H3. The van der Waals surface area contributed by atoms with Crippen molar-refractivity contribution in [2.24, 2.45) is 0 Å². The van der Waals surface area contributed by atoms with Crippen LogP contribution in [0.3, 0.4) is 0 Å². The zero-order chi connectivity index (χ0) is 11.4. The summed E-state index contributed by atoms with van der Waals surface area (Å²) in [5, 5.41) is 0. The van der Waals surface area contributed by atoms with Crippen LogP contribution in [0.15, 0.2) is 0 Å². The molecular formula is C12H26O3. The van der Waals surface area contributed by atoms with Crippen molar-refractivity contribution in [3.8, 4) is 0 Å². The second-order valence-corrected chi connectivity index (χ2v) is 3.63. The first-order chi connectivity index (χ1) is 7.31. The van der Waals surface area contributed by atoms with Crippen LogP contribution in [0.2, 0.25) is 0 Å². The van der Waals surface area contributed by atoms with Crippen LogP contribution in [-0.2, 0) is 14.2 Å². The smallest absolute Gasteiger partial charge is 0.0704 e. The summed E-state index contributed by atoms with van der Waals surface area (Å²) in [6.07, 6.45) is 3.56. The van der Waals surface area contributed by atoms with Crippen molar-refractivity contribution in [2.75, 3.05) is 33.0 Å². The van der Waals surface area contributed by atoms with Crippen molar-refractivity contribution in [3.05, 3.63) is 0 Å². The molecule has 0 aliphatic heterocycles. The van der Waals surface area contributed by atoms with Gasteiger partial charge in [0.2, 0.25) is 0 Å². The molecule has 0 amide bonds. The highest BCUT2D eigenvalue weighted by Gasteiger charge is 2.01. The first kappa shape index (κ1) is 14.9. The van der Waals surface area contributed by atoms with Crippen LogP contribution in [0.5, 0.6) is 0 Å². The van der Waals surface area contributed by atoms with Crippen LogP contribution in [0.1, 0.15) is 40.0 Å². The van der Waals surface area contributed by atoms with Crippen molar-refractivity contribution in [3.63, 3.8) is 0 Å². The number of hydrogen-bond donors (Lipinski definition) is 0. The second kappa shape index (κ2) is 12.0. The van der Waals surface area contributed by atoms with E-state index in [0.717, 1.165) is 39.1 Å². The quantitative estimate of drug-likeness (QED) is 0.499. The molecular weight excluding hydrogens is 192 g/mol. The molecule has 3 heteroatoms. The molecule has 0 spiro atoms. The highest BCUT2D eigenvalue weighted by atomic mass is 16.5. The monoisotopic (exact) mass is 218 g/mol. The van der Waals surface area contributed by atoms with Gasteiger partial charge in [0, 0.05) is 19.8 Å². The Morgan fingerprint density at radius 2 is 1.73 bits per heavy atom. The summed E-state index contributed by atoms with van der Waals surface area (Å²) in [6.45, 7) is 10.1. The fraction of sp³-hybridized carbons (Fsp3) is 1.00. The van der Waals surface area contributed by atoms with Crippen LogP contribution < -0.4 is 0 Å². The Labute approximate surface area is 94.1 Å². The number of rotatable bonds is 11. The first-order valence-electron chi connectivity index (χ1n) is 6.08. The molecule has 0 aliphatic carbocycles. The minimum absolute atomic E-state index is 0.315. The molecule has 0 saturated carbocycles. The highest BCUT2D eigenvalue weighted by Crippen LogP contribution is 2.01. The van der Waals surface area contributed by atoms with E-state index in [-0.39, 0.29) is 0 Å². The lowest BCUT2D eigenvalue weighted by molar-refractivity contribution is 0.00770. The van der Waals surface area contributed by atoms with E-state index in [0.29, 0.717) is 19.3 Å². The molecule has 0 bridgehead atoms. The van der Waals surface area contributed by atoms with Crippen LogP contribution >= 0.6 is 0 Å². The van der Waals surface area contributed by atoms with Gasteiger partial charge < -0.3 is 14.2 Å². The molecule has 0 rings (SSSR count). The summed E-state index contributed by atoms with van der Waals surface area (Å²) in [5.74, 6) is 0. The van der Waals surface area contributed by atoms with E-state index in [9.17, 15) is 0 Å². The van der Waals surface area contributed by atoms with E-state index >= 15 is 0 Å². The molecule has 0 aromatic heterocycles. The largest absolute Gasteiger partial charge is 0.381 e. The summed E-state index contributed by atoms with van der Waals surface area (Å²) >= 11 is 0. The first-order valence-corrected chi connectivity index (χ1v) is 6.08. The zero-order valence-electron chi connectivity index (χ0n) is 10.5. The molecule has 0 aromatic carbocycles. The van der Waals surface area contributed by atoms with Gasteiger partial charge in [0.25, 0.3) is 0 Å². The maximum atomic E-state index is 5.57. The normalized spacial score (nSPS) is 13.0. The Bertz CT molecular complexity index is 117. The fourth-order valence-electron chi connectivity index (χ4n) is 1.26.